The number of anilines is 3. The van der Waals surface area contributed by atoms with E-state index in [0.29, 0.717) is 41.6 Å². The first-order valence-corrected chi connectivity index (χ1v) is 8.45. The highest BCUT2D eigenvalue weighted by molar-refractivity contribution is 5.94. The maximum Gasteiger partial charge on any atom is 0.328 e. The Morgan fingerprint density at radius 3 is 2.93 bits per heavy atom. The van der Waals surface area contributed by atoms with Crippen molar-refractivity contribution in [2.24, 2.45) is 7.05 Å². The molecule has 1 aliphatic heterocycles. The molecule has 4 bridgehead atoms. The maximum atomic E-state index is 12.5. The molecule has 3 aromatic heterocycles. The van der Waals surface area contributed by atoms with Crippen LogP contribution in [0.25, 0.3) is 11.2 Å². The Labute approximate surface area is 154 Å². The summed E-state index contributed by atoms with van der Waals surface area (Å²) in [4.78, 5) is 33.5. The summed E-state index contributed by atoms with van der Waals surface area (Å²) < 4.78 is 8.40. The number of fused-ring (bicyclic) bond motifs is 3. The third-order valence-electron chi connectivity index (χ3n) is 4.36. The van der Waals surface area contributed by atoms with Crippen LogP contribution in [0.3, 0.4) is 0 Å². The topological polar surface area (TPSA) is 115 Å². The Hall–Kier alpha value is -3.40. The molecule has 0 fully saturated rings. The third-order valence-corrected chi connectivity index (χ3v) is 4.36. The fourth-order valence-electron chi connectivity index (χ4n) is 2.92. The molecule has 0 saturated heterocycles. The minimum Gasteiger partial charge on any atom is -0.386 e. The molecule has 10 heteroatoms. The summed E-state index contributed by atoms with van der Waals surface area (Å²) in [6, 6.07) is 4.81. The van der Waals surface area contributed by atoms with Gasteiger partial charge in [0.25, 0.3) is 5.56 Å². The van der Waals surface area contributed by atoms with Gasteiger partial charge in [-0.25, -0.2) is 19.3 Å². The van der Waals surface area contributed by atoms with Crippen LogP contribution < -0.4 is 21.5 Å². The molecule has 27 heavy (non-hydrogen) atoms. The van der Waals surface area contributed by atoms with Crippen LogP contribution in [0, 0.1) is 0 Å². The molecule has 0 unspecified atom stereocenters. The quantitative estimate of drug-likeness (QED) is 0.586. The third kappa shape index (κ3) is 3.10. The van der Waals surface area contributed by atoms with E-state index in [9.17, 15) is 9.59 Å². The van der Waals surface area contributed by atoms with E-state index in [2.05, 4.69) is 25.9 Å². The molecule has 4 heterocycles. The van der Waals surface area contributed by atoms with Gasteiger partial charge in [0.1, 0.15) is 23.5 Å². The predicted molar refractivity (Wildman–Crippen MR) is 100 cm³/mol. The molecule has 140 valence electrons. The van der Waals surface area contributed by atoms with Gasteiger partial charge in [0.2, 0.25) is 0 Å². The zero-order chi connectivity index (χ0) is 19.0. The summed E-state index contributed by atoms with van der Waals surface area (Å²) in [6.45, 7) is 0.912. The van der Waals surface area contributed by atoms with Crippen molar-refractivity contribution < 1.29 is 9.53 Å². The molecule has 1 aliphatic rings. The standard InChI is InChI=1S/C17H19N7O3/c1-18-11-7-12-21-13-5-10(6-14(25)23(13)2)8-27-4-3-19-17(26)24-9-20-15(11)16(24)22-12/h5-7,9H,3-4,8H2,1-2H3,(H,19,26)(H2,18,21,22). The average molecular weight is 369 g/mol. The monoisotopic (exact) mass is 369 g/mol. The Morgan fingerprint density at radius 1 is 1.26 bits per heavy atom. The second-order valence-electron chi connectivity index (χ2n) is 6.15. The van der Waals surface area contributed by atoms with Gasteiger partial charge in [0.15, 0.2) is 5.65 Å². The van der Waals surface area contributed by atoms with Crippen LogP contribution in [0.4, 0.5) is 22.1 Å². The Balaban J connectivity index is 1.90. The Morgan fingerprint density at radius 2 is 2.11 bits per heavy atom. The van der Waals surface area contributed by atoms with Crippen molar-refractivity contribution >= 4 is 34.5 Å². The van der Waals surface area contributed by atoms with E-state index >= 15 is 0 Å². The fraction of sp³-hybridized carbons (Fsp3) is 0.294. The molecular formula is C17H19N7O3. The molecule has 0 aromatic carbocycles. The molecule has 3 aromatic rings. The van der Waals surface area contributed by atoms with Gasteiger partial charge >= 0.3 is 6.03 Å². The molecule has 0 saturated carbocycles. The second-order valence-corrected chi connectivity index (χ2v) is 6.15. The number of aromatic nitrogens is 4. The van der Waals surface area contributed by atoms with Crippen molar-refractivity contribution in [1.82, 2.24) is 24.4 Å². The smallest absolute Gasteiger partial charge is 0.328 e. The molecule has 0 atom stereocenters. The summed E-state index contributed by atoms with van der Waals surface area (Å²) in [6.07, 6.45) is 1.43. The van der Waals surface area contributed by atoms with E-state index < -0.39 is 0 Å². The number of nitrogens with zero attached hydrogens (tertiary/aromatic N) is 4. The van der Waals surface area contributed by atoms with Crippen molar-refractivity contribution in [3.05, 3.63) is 40.4 Å². The predicted octanol–water partition coefficient (Wildman–Crippen LogP) is 1.00. The van der Waals surface area contributed by atoms with Gasteiger partial charge in [-0.1, -0.05) is 0 Å². The van der Waals surface area contributed by atoms with Crippen molar-refractivity contribution in [2.75, 3.05) is 30.8 Å². The SMILES string of the molecule is CNc1cc2nc3c1ncn3C(=O)NCCOCc1cc(n(C)c(=O)c1)N2. The highest BCUT2D eigenvalue weighted by atomic mass is 16.5. The molecule has 1 amide bonds. The van der Waals surface area contributed by atoms with Crippen LogP contribution in [0.5, 0.6) is 0 Å². The number of nitrogens with one attached hydrogen (secondary N) is 3. The molecule has 0 radical (unpaired) electrons. The van der Waals surface area contributed by atoms with Crippen LogP contribution in [0.15, 0.2) is 29.3 Å². The van der Waals surface area contributed by atoms with Gasteiger partial charge in [-0.2, -0.15) is 0 Å². The highest BCUT2D eigenvalue weighted by Crippen LogP contribution is 2.26. The average Bonchev–Trinajstić information content (AvgIpc) is 3.08. The lowest BCUT2D eigenvalue weighted by molar-refractivity contribution is 0.123. The lowest BCUT2D eigenvalue weighted by atomic mass is 10.2. The van der Waals surface area contributed by atoms with Gasteiger partial charge in [-0.3, -0.25) is 9.36 Å². The molecule has 10 nitrogen and oxygen atoms in total. The van der Waals surface area contributed by atoms with Crippen LogP contribution >= 0.6 is 0 Å². The fourth-order valence-corrected chi connectivity index (χ4v) is 2.92. The zero-order valence-corrected chi connectivity index (χ0v) is 14.9. The van der Waals surface area contributed by atoms with Gasteiger partial charge in [-0.15, -0.1) is 0 Å². The lowest BCUT2D eigenvalue weighted by Gasteiger charge is -2.15. The first kappa shape index (κ1) is 17.0. The van der Waals surface area contributed by atoms with Gasteiger partial charge in [-0.05, 0) is 11.6 Å². The number of rotatable bonds is 1. The van der Waals surface area contributed by atoms with E-state index in [-0.39, 0.29) is 18.2 Å². The number of hydrogen-bond donors (Lipinski definition) is 3. The van der Waals surface area contributed by atoms with Crippen LogP contribution in [0.1, 0.15) is 5.56 Å². The van der Waals surface area contributed by atoms with Crippen molar-refractivity contribution in [1.29, 1.82) is 0 Å². The Bertz CT molecular complexity index is 1090. The van der Waals surface area contributed by atoms with Crippen LogP contribution in [-0.2, 0) is 18.4 Å². The van der Waals surface area contributed by atoms with Gasteiger partial charge < -0.3 is 20.7 Å². The van der Waals surface area contributed by atoms with Gasteiger partial charge in [0, 0.05) is 32.8 Å². The summed E-state index contributed by atoms with van der Waals surface area (Å²) >= 11 is 0. The maximum absolute atomic E-state index is 12.5. The first-order valence-electron chi connectivity index (χ1n) is 8.45. The van der Waals surface area contributed by atoms with Crippen molar-refractivity contribution in [3.63, 3.8) is 0 Å². The summed E-state index contributed by atoms with van der Waals surface area (Å²) in [5.74, 6) is 1.05. The van der Waals surface area contributed by atoms with Crippen LogP contribution in [0.2, 0.25) is 0 Å². The van der Waals surface area contributed by atoms with E-state index in [1.54, 1.807) is 20.2 Å². The summed E-state index contributed by atoms with van der Waals surface area (Å²) in [7, 11) is 3.44. The minimum absolute atomic E-state index is 0.154. The van der Waals surface area contributed by atoms with Crippen molar-refractivity contribution in [2.45, 2.75) is 6.61 Å². The van der Waals surface area contributed by atoms with E-state index in [1.807, 2.05) is 6.07 Å². The van der Waals surface area contributed by atoms with E-state index in [4.69, 9.17) is 4.74 Å². The molecule has 0 spiro atoms. The number of amides is 1. The second kappa shape index (κ2) is 6.72. The number of carbonyl (C=O) groups excluding carboxylic acids is 1. The lowest BCUT2D eigenvalue weighted by Crippen LogP contribution is -2.31. The van der Waals surface area contributed by atoms with E-state index in [1.165, 1.54) is 21.5 Å². The summed E-state index contributed by atoms with van der Waals surface area (Å²) in [5, 5.41) is 8.99. The summed E-state index contributed by atoms with van der Waals surface area (Å²) in [5.41, 5.74) is 2.28. The van der Waals surface area contributed by atoms with E-state index in [0.717, 1.165) is 5.56 Å². The Kier molecular flexibility index (Phi) is 4.24. The largest absolute Gasteiger partial charge is 0.386 e. The number of imidazole rings is 1. The molecule has 0 aliphatic carbocycles. The highest BCUT2D eigenvalue weighted by Gasteiger charge is 2.16. The minimum atomic E-state index is -0.337. The van der Waals surface area contributed by atoms with Crippen molar-refractivity contribution in [3.8, 4) is 0 Å². The molecule has 3 N–H and O–H groups in total. The molecule has 4 rings (SSSR count). The van der Waals surface area contributed by atoms with Crippen LogP contribution in [-0.4, -0.2) is 45.3 Å². The zero-order valence-electron chi connectivity index (χ0n) is 14.9. The number of ether oxygens (including phenoxy) is 1. The first-order chi connectivity index (χ1) is 13.1. The normalized spacial score (nSPS) is 14.5. The number of hydrogen-bond acceptors (Lipinski definition) is 7. The molecular weight excluding hydrogens is 350 g/mol. The number of pyridine rings is 2. The van der Waals surface area contributed by atoms with Gasteiger partial charge in [0.05, 0.1) is 18.9 Å². The number of carbonyl (C=O) groups is 1.